The van der Waals surface area contributed by atoms with Crippen LogP contribution in [0.4, 0.5) is 0 Å². The highest BCUT2D eigenvalue weighted by Crippen LogP contribution is 2.64. The maximum absolute atomic E-state index is 13.7. The zero-order chi connectivity index (χ0) is 16.4. The van der Waals surface area contributed by atoms with Crippen LogP contribution in [-0.4, -0.2) is 22.9 Å². The van der Waals surface area contributed by atoms with Gasteiger partial charge in [0.25, 0.3) is 7.52 Å². The topological polar surface area (TPSA) is 29.5 Å². The Morgan fingerprint density at radius 3 is 2.61 bits per heavy atom. The van der Waals surface area contributed by atoms with E-state index in [9.17, 15) is 4.57 Å². The Labute approximate surface area is 140 Å². The van der Waals surface area contributed by atoms with Crippen LogP contribution in [0.15, 0.2) is 42.0 Å². The van der Waals surface area contributed by atoms with Gasteiger partial charge in [0.2, 0.25) is 0 Å². The average molecular weight is 333 g/mol. The summed E-state index contributed by atoms with van der Waals surface area (Å²) in [6.07, 6.45) is 7.44. The van der Waals surface area contributed by atoms with Gasteiger partial charge < -0.3 is 4.52 Å². The van der Waals surface area contributed by atoms with Crippen LogP contribution < -0.4 is 0 Å². The zero-order valence-electron chi connectivity index (χ0n) is 14.4. The first-order valence-corrected chi connectivity index (χ1v) is 10.6. The molecule has 0 aromatic heterocycles. The summed E-state index contributed by atoms with van der Waals surface area (Å²) in [4.78, 5) is 0. The van der Waals surface area contributed by atoms with Crippen LogP contribution in [-0.2, 0) is 9.09 Å². The molecular formula is C19H28NO2P. The quantitative estimate of drug-likeness (QED) is 0.534. The van der Waals surface area contributed by atoms with Gasteiger partial charge in [-0.25, -0.2) is 4.67 Å². The van der Waals surface area contributed by atoms with Crippen molar-refractivity contribution in [1.29, 1.82) is 0 Å². The van der Waals surface area contributed by atoms with E-state index in [0.29, 0.717) is 6.16 Å². The molecule has 0 amide bonds. The monoisotopic (exact) mass is 333 g/mol. The highest BCUT2D eigenvalue weighted by Gasteiger charge is 2.49. The maximum Gasteiger partial charge on any atom is 0.277 e. The molecule has 1 aromatic rings. The molecule has 1 saturated heterocycles. The molecule has 126 valence electrons. The summed E-state index contributed by atoms with van der Waals surface area (Å²) < 4.78 is 22.1. The Kier molecular flexibility index (Phi) is 5.10. The molecule has 1 unspecified atom stereocenters. The summed E-state index contributed by atoms with van der Waals surface area (Å²) in [6, 6.07) is 10.6. The minimum atomic E-state index is -2.82. The molecule has 0 N–H and O–H groups in total. The van der Waals surface area contributed by atoms with E-state index in [1.807, 2.05) is 18.2 Å². The standard InChI is InChI=1S/C19H28NO2P/c1-15(2)20-16(3)19(18-12-8-5-9-13-18)22-23(20,21)14-17-10-6-4-7-11-17/h5,8-10,12-13,15-16,19H,4,6-7,11,14H2,1-3H3/t16?,19-,23+/m0/s1. The predicted molar refractivity (Wildman–Crippen MR) is 95.7 cm³/mol. The molecule has 3 atom stereocenters. The molecule has 1 heterocycles. The lowest BCUT2D eigenvalue weighted by atomic mass is 10.0. The van der Waals surface area contributed by atoms with Crippen molar-refractivity contribution in [3.63, 3.8) is 0 Å². The summed E-state index contributed by atoms with van der Waals surface area (Å²) in [6.45, 7) is 6.39. The Morgan fingerprint density at radius 1 is 1.26 bits per heavy atom. The fraction of sp³-hybridized carbons (Fsp3) is 0.579. The van der Waals surface area contributed by atoms with Gasteiger partial charge in [-0.2, -0.15) is 0 Å². The SMILES string of the molecule is CC(C)N1C(C)[C@@H](c2ccccc2)O[P@]1(=O)CC1=CCCCC1. The summed E-state index contributed by atoms with van der Waals surface area (Å²) in [5.41, 5.74) is 2.45. The second-order valence-electron chi connectivity index (χ2n) is 7.05. The van der Waals surface area contributed by atoms with Gasteiger partial charge in [-0.3, -0.25) is 4.57 Å². The van der Waals surface area contributed by atoms with Crippen LogP contribution in [0.3, 0.4) is 0 Å². The van der Waals surface area contributed by atoms with E-state index >= 15 is 0 Å². The summed E-state index contributed by atoms with van der Waals surface area (Å²) >= 11 is 0. The number of benzene rings is 1. The van der Waals surface area contributed by atoms with Gasteiger partial charge in [0.15, 0.2) is 0 Å². The minimum absolute atomic E-state index is 0.103. The first kappa shape index (κ1) is 17.0. The van der Waals surface area contributed by atoms with Crippen LogP contribution in [0.1, 0.15) is 58.1 Å². The number of rotatable bonds is 4. The summed E-state index contributed by atoms with van der Waals surface area (Å²) in [5.74, 6) is 0. The van der Waals surface area contributed by atoms with Crippen molar-refractivity contribution in [3.8, 4) is 0 Å². The largest absolute Gasteiger partial charge is 0.307 e. The first-order chi connectivity index (χ1) is 11.0. The number of hydrogen-bond acceptors (Lipinski definition) is 2. The molecule has 3 nitrogen and oxygen atoms in total. The molecule has 0 radical (unpaired) electrons. The third-order valence-corrected chi connectivity index (χ3v) is 7.82. The summed E-state index contributed by atoms with van der Waals surface area (Å²) in [7, 11) is -2.82. The van der Waals surface area contributed by atoms with Crippen molar-refractivity contribution in [1.82, 2.24) is 4.67 Å². The van der Waals surface area contributed by atoms with Crippen LogP contribution in [0.25, 0.3) is 0 Å². The third-order valence-electron chi connectivity index (χ3n) is 4.93. The van der Waals surface area contributed by atoms with E-state index in [-0.39, 0.29) is 18.2 Å². The van der Waals surface area contributed by atoms with Gasteiger partial charge in [0.1, 0.15) is 6.10 Å². The summed E-state index contributed by atoms with van der Waals surface area (Å²) in [5, 5.41) is 0. The maximum atomic E-state index is 13.7. The van der Waals surface area contributed by atoms with Gasteiger partial charge in [0.05, 0.1) is 6.16 Å². The van der Waals surface area contributed by atoms with E-state index in [1.54, 1.807) is 0 Å². The van der Waals surface area contributed by atoms with Crippen LogP contribution >= 0.6 is 7.52 Å². The number of allylic oxidation sites excluding steroid dienone is 2. The first-order valence-electron chi connectivity index (χ1n) is 8.80. The van der Waals surface area contributed by atoms with E-state index < -0.39 is 7.52 Å². The normalized spacial score (nSPS) is 32.3. The van der Waals surface area contributed by atoms with E-state index in [1.165, 1.54) is 18.4 Å². The molecule has 1 aliphatic heterocycles. The Morgan fingerprint density at radius 2 is 2.00 bits per heavy atom. The van der Waals surface area contributed by atoms with Gasteiger partial charge in [-0.15, -0.1) is 0 Å². The smallest absolute Gasteiger partial charge is 0.277 e. The van der Waals surface area contributed by atoms with Gasteiger partial charge in [0, 0.05) is 12.1 Å². The molecule has 1 aliphatic carbocycles. The molecule has 1 aromatic carbocycles. The second kappa shape index (κ2) is 6.93. The van der Waals surface area contributed by atoms with Crippen molar-refractivity contribution in [2.45, 2.75) is 64.6 Å². The Balaban J connectivity index is 1.88. The fourth-order valence-corrected chi connectivity index (χ4v) is 7.14. The highest BCUT2D eigenvalue weighted by molar-refractivity contribution is 7.57. The van der Waals surface area contributed by atoms with Gasteiger partial charge in [-0.1, -0.05) is 42.0 Å². The molecule has 3 rings (SSSR count). The zero-order valence-corrected chi connectivity index (χ0v) is 15.3. The minimum Gasteiger partial charge on any atom is -0.307 e. The lowest BCUT2D eigenvalue weighted by molar-refractivity contribution is 0.197. The van der Waals surface area contributed by atoms with Gasteiger partial charge in [-0.05, 0) is 52.0 Å². The number of hydrogen-bond donors (Lipinski definition) is 0. The molecule has 23 heavy (non-hydrogen) atoms. The van der Waals surface area contributed by atoms with Crippen molar-refractivity contribution in [2.75, 3.05) is 6.16 Å². The van der Waals surface area contributed by atoms with Gasteiger partial charge >= 0.3 is 0 Å². The van der Waals surface area contributed by atoms with Crippen molar-refractivity contribution >= 4 is 7.52 Å². The Bertz CT molecular complexity index is 611. The lowest BCUT2D eigenvalue weighted by Crippen LogP contribution is -2.33. The second-order valence-corrected chi connectivity index (χ2v) is 9.32. The van der Waals surface area contributed by atoms with E-state index in [4.69, 9.17) is 4.52 Å². The fourth-order valence-electron chi connectivity index (χ4n) is 3.96. The Hall–Kier alpha value is -0.890. The van der Waals surface area contributed by atoms with Crippen molar-refractivity contribution in [2.24, 2.45) is 0 Å². The molecular weight excluding hydrogens is 305 g/mol. The predicted octanol–water partition coefficient (Wildman–Crippen LogP) is 5.55. The van der Waals surface area contributed by atoms with Crippen molar-refractivity contribution in [3.05, 3.63) is 47.5 Å². The lowest BCUT2D eigenvalue weighted by Gasteiger charge is -2.30. The molecule has 0 spiro atoms. The molecule has 4 heteroatoms. The van der Waals surface area contributed by atoms with Crippen molar-refractivity contribution < 1.29 is 9.09 Å². The van der Waals surface area contributed by atoms with E-state index in [2.05, 4.69) is 43.7 Å². The molecule has 2 aliphatic rings. The number of nitrogens with zero attached hydrogens (tertiary/aromatic N) is 1. The molecule has 0 bridgehead atoms. The van der Waals surface area contributed by atoms with Crippen LogP contribution in [0.5, 0.6) is 0 Å². The average Bonchev–Trinajstić information content (AvgIpc) is 2.80. The molecule has 0 saturated carbocycles. The van der Waals surface area contributed by atoms with E-state index in [0.717, 1.165) is 18.4 Å². The van der Waals surface area contributed by atoms with Crippen LogP contribution in [0, 0.1) is 0 Å². The molecule has 1 fully saturated rings. The third kappa shape index (κ3) is 3.47. The van der Waals surface area contributed by atoms with Crippen LogP contribution in [0.2, 0.25) is 0 Å². The highest BCUT2D eigenvalue weighted by atomic mass is 31.2.